The van der Waals surface area contributed by atoms with Gasteiger partial charge in [-0.3, -0.25) is 4.79 Å². The van der Waals surface area contributed by atoms with E-state index in [2.05, 4.69) is 9.97 Å². The molecular formula is C10H10N4O2. The Morgan fingerprint density at radius 2 is 2.44 bits per heavy atom. The highest BCUT2D eigenvalue weighted by Gasteiger charge is 2.32. The van der Waals surface area contributed by atoms with Gasteiger partial charge in [0.2, 0.25) is 5.95 Å². The predicted octanol–water partition coefficient (Wildman–Crippen LogP) is 0.402. The molecule has 0 bridgehead atoms. The summed E-state index contributed by atoms with van der Waals surface area (Å²) in [7, 11) is 0. The summed E-state index contributed by atoms with van der Waals surface area (Å²) in [5.41, 5.74) is 0.251. The standard InChI is InChI=1S/C10H10N4O2/c11-5-7-3-4-12-10(13-7)14(6-9(15)16)8-1-2-8/h3-4,8H,1-2,6H2,(H,15,16). The maximum atomic E-state index is 10.7. The van der Waals surface area contributed by atoms with E-state index in [0.29, 0.717) is 5.95 Å². The normalized spacial score (nSPS) is 14.2. The molecule has 1 aliphatic carbocycles. The monoisotopic (exact) mass is 218 g/mol. The summed E-state index contributed by atoms with van der Waals surface area (Å²) >= 11 is 0. The number of aliphatic carboxylic acids is 1. The summed E-state index contributed by atoms with van der Waals surface area (Å²) in [5.74, 6) is -0.596. The zero-order valence-corrected chi connectivity index (χ0v) is 8.50. The van der Waals surface area contributed by atoms with Gasteiger partial charge in [0, 0.05) is 12.2 Å². The Kier molecular flexibility index (Phi) is 2.68. The van der Waals surface area contributed by atoms with Crippen molar-refractivity contribution in [3.63, 3.8) is 0 Å². The molecule has 0 radical (unpaired) electrons. The van der Waals surface area contributed by atoms with E-state index in [0.717, 1.165) is 12.8 Å². The van der Waals surface area contributed by atoms with E-state index in [1.54, 1.807) is 4.90 Å². The van der Waals surface area contributed by atoms with Crippen LogP contribution in [0.25, 0.3) is 0 Å². The molecule has 1 saturated carbocycles. The van der Waals surface area contributed by atoms with Gasteiger partial charge >= 0.3 is 5.97 Å². The average Bonchev–Trinajstić information content (AvgIpc) is 3.09. The van der Waals surface area contributed by atoms with Crippen molar-refractivity contribution in [3.8, 4) is 6.07 Å². The van der Waals surface area contributed by atoms with Crippen LogP contribution in [-0.4, -0.2) is 33.6 Å². The molecule has 0 unspecified atom stereocenters. The van der Waals surface area contributed by atoms with Gasteiger partial charge in [-0.15, -0.1) is 0 Å². The number of hydrogen-bond acceptors (Lipinski definition) is 5. The molecule has 0 atom stereocenters. The van der Waals surface area contributed by atoms with E-state index in [4.69, 9.17) is 10.4 Å². The van der Waals surface area contributed by atoms with Crippen LogP contribution in [0.15, 0.2) is 12.3 Å². The van der Waals surface area contributed by atoms with Crippen molar-refractivity contribution < 1.29 is 9.90 Å². The first-order chi connectivity index (χ1) is 7.70. The topological polar surface area (TPSA) is 90.1 Å². The molecule has 1 heterocycles. The Bertz CT molecular complexity index is 450. The van der Waals surface area contributed by atoms with Gasteiger partial charge in [0.05, 0.1) is 0 Å². The first-order valence-electron chi connectivity index (χ1n) is 4.92. The first kappa shape index (κ1) is 10.4. The third kappa shape index (κ3) is 2.25. The Labute approximate surface area is 92.2 Å². The second kappa shape index (κ2) is 4.14. The summed E-state index contributed by atoms with van der Waals surface area (Å²) in [6.07, 6.45) is 3.37. The minimum absolute atomic E-state index is 0.125. The molecule has 82 valence electrons. The minimum Gasteiger partial charge on any atom is -0.480 e. The second-order valence-corrected chi connectivity index (χ2v) is 3.61. The van der Waals surface area contributed by atoms with E-state index >= 15 is 0 Å². The molecule has 1 fully saturated rings. The van der Waals surface area contributed by atoms with Crippen LogP contribution in [0.1, 0.15) is 18.5 Å². The number of hydrogen-bond donors (Lipinski definition) is 1. The van der Waals surface area contributed by atoms with Gasteiger partial charge in [0.1, 0.15) is 18.3 Å². The lowest BCUT2D eigenvalue weighted by molar-refractivity contribution is -0.135. The number of carbonyl (C=O) groups is 1. The van der Waals surface area contributed by atoms with Gasteiger partial charge < -0.3 is 10.0 Å². The molecule has 6 nitrogen and oxygen atoms in total. The highest BCUT2D eigenvalue weighted by atomic mass is 16.4. The largest absolute Gasteiger partial charge is 0.480 e. The van der Waals surface area contributed by atoms with Crippen LogP contribution in [0.5, 0.6) is 0 Å². The van der Waals surface area contributed by atoms with Crippen molar-refractivity contribution in [1.29, 1.82) is 5.26 Å². The number of nitrogens with zero attached hydrogens (tertiary/aromatic N) is 4. The van der Waals surface area contributed by atoms with E-state index < -0.39 is 5.97 Å². The number of anilines is 1. The number of nitriles is 1. The van der Waals surface area contributed by atoms with E-state index in [-0.39, 0.29) is 18.3 Å². The molecule has 2 rings (SSSR count). The fourth-order valence-electron chi connectivity index (χ4n) is 1.44. The van der Waals surface area contributed by atoms with Crippen LogP contribution in [0.2, 0.25) is 0 Å². The molecule has 1 N–H and O–H groups in total. The average molecular weight is 218 g/mol. The third-order valence-electron chi connectivity index (χ3n) is 2.31. The molecule has 0 saturated heterocycles. The van der Waals surface area contributed by atoms with Gasteiger partial charge in [-0.1, -0.05) is 0 Å². The van der Waals surface area contributed by atoms with E-state index in [1.807, 2.05) is 6.07 Å². The fourth-order valence-corrected chi connectivity index (χ4v) is 1.44. The number of rotatable bonds is 4. The Morgan fingerprint density at radius 1 is 1.69 bits per heavy atom. The summed E-state index contributed by atoms with van der Waals surface area (Å²) in [6, 6.07) is 3.60. The number of carboxylic acids is 1. The van der Waals surface area contributed by atoms with Crippen LogP contribution < -0.4 is 4.90 Å². The molecule has 6 heteroatoms. The van der Waals surface area contributed by atoms with Crippen molar-refractivity contribution in [1.82, 2.24) is 9.97 Å². The smallest absolute Gasteiger partial charge is 0.323 e. The number of aromatic nitrogens is 2. The molecule has 1 aliphatic rings. The highest BCUT2D eigenvalue weighted by molar-refractivity contribution is 5.73. The Balaban J connectivity index is 2.24. The van der Waals surface area contributed by atoms with Crippen molar-refractivity contribution in [3.05, 3.63) is 18.0 Å². The molecule has 1 aromatic heterocycles. The van der Waals surface area contributed by atoms with Gasteiger partial charge in [0.15, 0.2) is 0 Å². The van der Waals surface area contributed by atoms with Gasteiger partial charge in [-0.05, 0) is 18.9 Å². The lowest BCUT2D eigenvalue weighted by Gasteiger charge is -2.19. The molecule has 0 aromatic carbocycles. The van der Waals surface area contributed by atoms with Crippen LogP contribution in [0, 0.1) is 11.3 Å². The van der Waals surface area contributed by atoms with Crippen molar-refractivity contribution in [2.45, 2.75) is 18.9 Å². The third-order valence-corrected chi connectivity index (χ3v) is 2.31. The fraction of sp³-hybridized carbons (Fsp3) is 0.400. The van der Waals surface area contributed by atoms with Crippen LogP contribution >= 0.6 is 0 Å². The Morgan fingerprint density at radius 3 is 3.00 bits per heavy atom. The molecular weight excluding hydrogens is 208 g/mol. The zero-order chi connectivity index (χ0) is 11.5. The molecule has 0 spiro atoms. The molecule has 0 aliphatic heterocycles. The van der Waals surface area contributed by atoms with Crippen molar-refractivity contribution in [2.24, 2.45) is 0 Å². The van der Waals surface area contributed by atoms with Gasteiger partial charge in [0.25, 0.3) is 0 Å². The van der Waals surface area contributed by atoms with Crippen molar-refractivity contribution in [2.75, 3.05) is 11.4 Å². The maximum Gasteiger partial charge on any atom is 0.323 e. The summed E-state index contributed by atoms with van der Waals surface area (Å²) in [4.78, 5) is 20.3. The predicted molar refractivity (Wildman–Crippen MR) is 54.8 cm³/mol. The summed E-state index contributed by atoms with van der Waals surface area (Å²) in [5, 5.41) is 17.5. The quantitative estimate of drug-likeness (QED) is 0.786. The SMILES string of the molecule is N#Cc1ccnc(N(CC(=O)O)C2CC2)n1. The lowest BCUT2D eigenvalue weighted by Crippen LogP contribution is -2.33. The van der Waals surface area contributed by atoms with Gasteiger partial charge in [-0.25, -0.2) is 9.97 Å². The van der Waals surface area contributed by atoms with Crippen LogP contribution in [0.3, 0.4) is 0 Å². The Hall–Kier alpha value is -2.16. The molecule has 1 aromatic rings. The lowest BCUT2D eigenvalue weighted by atomic mass is 10.4. The van der Waals surface area contributed by atoms with Crippen LogP contribution in [0.4, 0.5) is 5.95 Å². The summed E-state index contributed by atoms with van der Waals surface area (Å²) in [6.45, 7) is -0.125. The van der Waals surface area contributed by atoms with Crippen molar-refractivity contribution >= 4 is 11.9 Å². The zero-order valence-electron chi connectivity index (χ0n) is 8.50. The maximum absolute atomic E-state index is 10.7. The van der Waals surface area contributed by atoms with E-state index in [1.165, 1.54) is 12.3 Å². The summed E-state index contributed by atoms with van der Waals surface area (Å²) < 4.78 is 0. The minimum atomic E-state index is -0.919. The highest BCUT2D eigenvalue weighted by Crippen LogP contribution is 2.29. The van der Waals surface area contributed by atoms with Gasteiger partial charge in [-0.2, -0.15) is 5.26 Å². The second-order valence-electron chi connectivity index (χ2n) is 3.61. The molecule has 0 amide bonds. The first-order valence-corrected chi connectivity index (χ1v) is 4.92. The van der Waals surface area contributed by atoms with E-state index in [9.17, 15) is 4.79 Å². The number of carboxylic acid groups (broad SMARTS) is 1. The van der Waals surface area contributed by atoms with Crippen LogP contribution in [-0.2, 0) is 4.79 Å². The molecule has 16 heavy (non-hydrogen) atoms.